The lowest BCUT2D eigenvalue weighted by Gasteiger charge is -2.14. The van der Waals surface area contributed by atoms with E-state index in [-0.39, 0.29) is 0 Å². The number of halogens is 1. The molecule has 0 aliphatic carbocycles. The molecule has 0 saturated heterocycles. The summed E-state index contributed by atoms with van der Waals surface area (Å²) in [5.41, 5.74) is 8.00. The van der Waals surface area contributed by atoms with Crippen LogP contribution in [0.15, 0.2) is 40.9 Å². The smallest absolute Gasteiger partial charge is 0.127 e. The van der Waals surface area contributed by atoms with Crippen molar-refractivity contribution in [3.63, 3.8) is 0 Å². The Balaban J connectivity index is 1.56. The quantitative estimate of drug-likeness (QED) is 0.0298. The summed E-state index contributed by atoms with van der Waals surface area (Å²) in [6.45, 7) is 11.6. The predicted molar refractivity (Wildman–Crippen MR) is 238 cm³/mol. The van der Waals surface area contributed by atoms with E-state index in [4.69, 9.17) is 0 Å². The highest BCUT2D eigenvalue weighted by molar-refractivity contribution is 9.10. The molecule has 0 heterocycles. The van der Waals surface area contributed by atoms with Crippen molar-refractivity contribution in [1.82, 2.24) is 0 Å². The Morgan fingerprint density at radius 2 is 0.804 bits per heavy atom. The van der Waals surface area contributed by atoms with Crippen LogP contribution in [0.3, 0.4) is 0 Å². The Bertz CT molecular complexity index is 1430. The summed E-state index contributed by atoms with van der Waals surface area (Å²) in [6.07, 6.45) is 39.3. The van der Waals surface area contributed by atoms with Gasteiger partial charge in [0.15, 0.2) is 0 Å². The fourth-order valence-corrected chi connectivity index (χ4v) is 8.70. The van der Waals surface area contributed by atoms with Gasteiger partial charge in [-0.05, 0) is 82.6 Å². The van der Waals surface area contributed by atoms with Gasteiger partial charge in [0.05, 0.1) is 0 Å². The summed E-state index contributed by atoms with van der Waals surface area (Å²) in [5.74, 6) is 3.59. The first-order chi connectivity index (χ1) is 24.8. The standard InChI is InChI=1S/C49H77BrSi/c1-6-8-10-12-14-16-18-20-22-24-26-28-30-32-42-36-45-38-47-40-48(50)39-44(34-35-51(3,4)5)49(47)41-46(45)37-43(42)33-31-29-27-25-23-21-19-17-15-13-11-9-7-2/h36-41H,6-33H2,1-5H3. The predicted octanol–water partition coefficient (Wildman–Crippen LogP) is 17.3. The topological polar surface area (TPSA) is 0 Å². The molecule has 284 valence electrons. The molecule has 0 amide bonds. The molecule has 0 aromatic heterocycles. The van der Waals surface area contributed by atoms with Crippen LogP contribution in [-0.4, -0.2) is 8.07 Å². The fraction of sp³-hybridized carbons (Fsp3) is 0.673. The maximum Gasteiger partial charge on any atom is 0.129 e. The van der Waals surface area contributed by atoms with E-state index in [1.54, 1.807) is 11.1 Å². The molecular formula is C49H77BrSi. The van der Waals surface area contributed by atoms with Gasteiger partial charge >= 0.3 is 0 Å². The monoisotopic (exact) mass is 772 g/mol. The minimum Gasteiger partial charge on any atom is -0.127 e. The highest BCUT2D eigenvalue weighted by atomic mass is 79.9. The molecular weight excluding hydrogens is 697 g/mol. The summed E-state index contributed by atoms with van der Waals surface area (Å²) < 4.78 is 1.13. The molecule has 3 aromatic rings. The zero-order valence-corrected chi connectivity index (χ0v) is 36.7. The molecule has 0 aliphatic heterocycles. The molecule has 0 bridgehead atoms. The van der Waals surface area contributed by atoms with Crippen molar-refractivity contribution >= 4 is 45.5 Å². The molecule has 0 unspecified atom stereocenters. The van der Waals surface area contributed by atoms with E-state index in [9.17, 15) is 0 Å². The van der Waals surface area contributed by atoms with Gasteiger partial charge in [-0.2, -0.15) is 0 Å². The lowest BCUT2D eigenvalue weighted by molar-refractivity contribution is 0.537. The first kappa shape index (κ1) is 43.8. The van der Waals surface area contributed by atoms with E-state index in [2.05, 4.69) is 97.3 Å². The van der Waals surface area contributed by atoms with Gasteiger partial charge < -0.3 is 0 Å². The van der Waals surface area contributed by atoms with Gasteiger partial charge in [-0.25, -0.2) is 0 Å². The molecule has 2 heteroatoms. The molecule has 0 nitrogen and oxygen atoms in total. The highest BCUT2D eigenvalue weighted by Crippen LogP contribution is 2.32. The number of hydrogen-bond donors (Lipinski definition) is 0. The minimum atomic E-state index is -1.47. The first-order valence-electron chi connectivity index (χ1n) is 22.0. The summed E-state index contributed by atoms with van der Waals surface area (Å²) in [6, 6.07) is 14.5. The Hall–Kier alpha value is -1.56. The average Bonchev–Trinajstić information content (AvgIpc) is 3.10. The van der Waals surface area contributed by atoms with Gasteiger partial charge in [0.2, 0.25) is 0 Å². The van der Waals surface area contributed by atoms with Crippen LogP contribution in [-0.2, 0) is 12.8 Å². The van der Waals surface area contributed by atoms with Crippen molar-refractivity contribution in [3.05, 3.63) is 57.6 Å². The van der Waals surface area contributed by atoms with Crippen LogP contribution in [0.2, 0.25) is 19.6 Å². The van der Waals surface area contributed by atoms with Crippen LogP contribution in [0, 0.1) is 11.5 Å². The van der Waals surface area contributed by atoms with Crippen molar-refractivity contribution in [2.75, 3.05) is 0 Å². The normalized spacial score (nSPS) is 11.8. The van der Waals surface area contributed by atoms with E-state index < -0.39 is 8.07 Å². The molecule has 3 aromatic carbocycles. The van der Waals surface area contributed by atoms with Gasteiger partial charge in [0.1, 0.15) is 8.07 Å². The van der Waals surface area contributed by atoms with Gasteiger partial charge in [-0.15, -0.1) is 5.54 Å². The SMILES string of the molecule is CCCCCCCCCCCCCCCc1cc2cc3cc(Br)cc(C#C[Si](C)(C)C)c3cc2cc1CCCCCCCCCCCCCCC. The minimum absolute atomic E-state index is 1.13. The van der Waals surface area contributed by atoms with E-state index in [0.717, 1.165) is 10.0 Å². The van der Waals surface area contributed by atoms with Gasteiger partial charge in [-0.3, -0.25) is 0 Å². The molecule has 3 rings (SSSR count). The Labute approximate surface area is 326 Å². The van der Waals surface area contributed by atoms with Crippen LogP contribution in [0.25, 0.3) is 21.5 Å². The number of benzene rings is 3. The van der Waals surface area contributed by atoms with Crippen LogP contribution in [0.1, 0.15) is 197 Å². The van der Waals surface area contributed by atoms with Gasteiger partial charge in [0.25, 0.3) is 0 Å². The third-order valence-electron chi connectivity index (χ3n) is 10.9. The lowest BCUT2D eigenvalue weighted by atomic mass is 9.91. The fourth-order valence-electron chi connectivity index (χ4n) is 7.71. The molecule has 0 fully saturated rings. The first-order valence-corrected chi connectivity index (χ1v) is 26.3. The molecule has 0 aliphatic rings. The van der Waals surface area contributed by atoms with Crippen molar-refractivity contribution < 1.29 is 0 Å². The third-order valence-corrected chi connectivity index (χ3v) is 12.2. The van der Waals surface area contributed by atoms with Crippen LogP contribution in [0.4, 0.5) is 0 Å². The van der Waals surface area contributed by atoms with Gasteiger partial charge in [-0.1, -0.05) is 222 Å². The Kier molecular flexibility index (Phi) is 22.6. The highest BCUT2D eigenvalue weighted by Gasteiger charge is 2.11. The molecule has 0 atom stereocenters. The maximum atomic E-state index is 3.79. The van der Waals surface area contributed by atoms with Crippen molar-refractivity contribution in [1.29, 1.82) is 0 Å². The van der Waals surface area contributed by atoms with Crippen molar-refractivity contribution in [3.8, 4) is 11.5 Å². The largest absolute Gasteiger partial charge is 0.129 e. The van der Waals surface area contributed by atoms with Crippen LogP contribution < -0.4 is 0 Å². The summed E-state index contributed by atoms with van der Waals surface area (Å²) >= 11 is 3.79. The number of rotatable bonds is 28. The number of hydrogen-bond acceptors (Lipinski definition) is 0. The lowest BCUT2D eigenvalue weighted by Crippen LogP contribution is -2.16. The van der Waals surface area contributed by atoms with E-state index in [1.807, 2.05) is 0 Å². The molecule has 0 saturated carbocycles. The Morgan fingerprint density at radius 3 is 1.20 bits per heavy atom. The van der Waals surface area contributed by atoms with Gasteiger partial charge in [0, 0.05) is 10.0 Å². The second-order valence-electron chi connectivity index (χ2n) is 17.0. The molecule has 51 heavy (non-hydrogen) atoms. The van der Waals surface area contributed by atoms with Crippen molar-refractivity contribution in [2.24, 2.45) is 0 Å². The second kappa shape index (κ2) is 26.3. The molecule has 0 N–H and O–H groups in total. The summed E-state index contributed by atoms with van der Waals surface area (Å²) in [5, 5.41) is 5.38. The zero-order valence-electron chi connectivity index (χ0n) is 34.1. The van der Waals surface area contributed by atoms with Crippen LogP contribution in [0.5, 0.6) is 0 Å². The number of aryl methyl sites for hydroxylation is 2. The average molecular weight is 774 g/mol. The number of fused-ring (bicyclic) bond motifs is 2. The Morgan fingerprint density at radius 1 is 0.431 bits per heavy atom. The summed E-state index contributed by atoms with van der Waals surface area (Å²) in [7, 11) is -1.47. The third kappa shape index (κ3) is 18.9. The van der Waals surface area contributed by atoms with Crippen molar-refractivity contribution in [2.45, 2.75) is 213 Å². The second-order valence-corrected chi connectivity index (χ2v) is 22.6. The van der Waals surface area contributed by atoms with Crippen LogP contribution >= 0.6 is 15.9 Å². The maximum absolute atomic E-state index is 3.79. The van der Waals surface area contributed by atoms with E-state index >= 15 is 0 Å². The molecule has 0 spiro atoms. The molecule has 0 radical (unpaired) electrons. The van der Waals surface area contributed by atoms with E-state index in [1.165, 1.54) is 201 Å². The number of unbranched alkanes of at least 4 members (excludes halogenated alkanes) is 24. The zero-order chi connectivity index (χ0) is 36.6. The summed E-state index contributed by atoms with van der Waals surface area (Å²) in [4.78, 5) is 0. The van der Waals surface area contributed by atoms with E-state index in [0.29, 0.717) is 0 Å².